The van der Waals surface area contributed by atoms with Crippen LogP contribution < -0.4 is 4.72 Å². The fraction of sp³-hybridized carbons (Fsp3) is 0.889. The summed E-state index contributed by atoms with van der Waals surface area (Å²) in [6, 6.07) is 0. The second-order valence-electron chi connectivity index (χ2n) is 4.14. The highest BCUT2D eigenvalue weighted by molar-refractivity contribution is 7.89. The molecule has 0 heterocycles. The third-order valence-corrected chi connectivity index (χ3v) is 4.08. The van der Waals surface area contributed by atoms with Crippen LogP contribution in [0.4, 0.5) is 0 Å². The molecule has 1 fully saturated rings. The predicted octanol–water partition coefficient (Wildman–Crippen LogP) is 0.427. The van der Waals surface area contributed by atoms with Gasteiger partial charge in [0.05, 0.1) is 5.75 Å². The van der Waals surface area contributed by atoms with Gasteiger partial charge in [0.2, 0.25) is 10.0 Å². The Morgan fingerprint density at radius 2 is 2.13 bits per heavy atom. The standard InChI is InChI=1S/C9H17NO4S/c1-7-5-8(7)6-10-15(13,14)4-2-3-9(11)12/h7-8,10H,2-6H2,1H3,(H,11,12). The van der Waals surface area contributed by atoms with E-state index in [2.05, 4.69) is 11.6 Å². The van der Waals surface area contributed by atoms with Crippen LogP contribution in [0.25, 0.3) is 0 Å². The molecule has 0 amide bonds. The molecule has 0 aromatic carbocycles. The third-order valence-electron chi connectivity index (χ3n) is 2.65. The fourth-order valence-electron chi connectivity index (χ4n) is 1.40. The Morgan fingerprint density at radius 1 is 1.53 bits per heavy atom. The summed E-state index contributed by atoms with van der Waals surface area (Å²) in [7, 11) is -3.27. The number of carboxylic acids is 1. The lowest BCUT2D eigenvalue weighted by molar-refractivity contribution is -0.137. The van der Waals surface area contributed by atoms with Crippen molar-refractivity contribution in [2.24, 2.45) is 11.8 Å². The number of hydrogen-bond acceptors (Lipinski definition) is 3. The summed E-state index contributed by atoms with van der Waals surface area (Å²) in [6.07, 6.45) is 1.16. The van der Waals surface area contributed by atoms with Crippen molar-refractivity contribution in [3.05, 3.63) is 0 Å². The second-order valence-corrected chi connectivity index (χ2v) is 6.06. The Balaban J connectivity index is 2.17. The lowest BCUT2D eigenvalue weighted by Gasteiger charge is -2.04. The molecule has 0 radical (unpaired) electrons. The molecule has 0 saturated heterocycles. The molecule has 5 nitrogen and oxygen atoms in total. The summed E-state index contributed by atoms with van der Waals surface area (Å²) in [6.45, 7) is 2.58. The quantitative estimate of drug-likeness (QED) is 0.670. The molecule has 88 valence electrons. The van der Waals surface area contributed by atoms with Gasteiger partial charge < -0.3 is 5.11 Å². The van der Waals surface area contributed by atoms with Crippen LogP contribution in [0, 0.1) is 11.8 Å². The van der Waals surface area contributed by atoms with Crippen molar-refractivity contribution < 1.29 is 18.3 Å². The van der Waals surface area contributed by atoms with Gasteiger partial charge >= 0.3 is 5.97 Å². The average Bonchev–Trinajstić information content (AvgIpc) is 2.78. The zero-order valence-corrected chi connectivity index (χ0v) is 9.59. The van der Waals surface area contributed by atoms with E-state index in [0.717, 1.165) is 6.42 Å². The summed E-state index contributed by atoms with van der Waals surface area (Å²) in [5.74, 6) is 0.0346. The SMILES string of the molecule is CC1CC1CNS(=O)(=O)CCCC(=O)O. The predicted molar refractivity (Wildman–Crippen MR) is 55.9 cm³/mol. The Bertz CT molecular complexity index is 325. The minimum Gasteiger partial charge on any atom is -0.481 e. The highest BCUT2D eigenvalue weighted by Gasteiger charge is 2.32. The van der Waals surface area contributed by atoms with Crippen molar-refractivity contribution >= 4 is 16.0 Å². The van der Waals surface area contributed by atoms with Gasteiger partial charge in [0, 0.05) is 13.0 Å². The molecule has 2 unspecified atom stereocenters. The van der Waals surface area contributed by atoms with E-state index < -0.39 is 16.0 Å². The summed E-state index contributed by atoms with van der Waals surface area (Å²) in [5.41, 5.74) is 0. The monoisotopic (exact) mass is 235 g/mol. The highest BCUT2D eigenvalue weighted by atomic mass is 32.2. The molecule has 15 heavy (non-hydrogen) atoms. The van der Waals surface area contributed by atoms with Crippen LogP contribution in [0.2, 0.25) is 0 Å². The summed E-state index contributed by atoms with van der Waals surface area (Å²) in [4.78, 5) is 10.2. The number of aliphatic carboxylic acids is 1. The number of hydrogen-bond donors (Lipinski definition) is 2. The highest BCUT2D eigenvalue weighted by Crippen LogP contribution is 2.36. The Labute approximate surface area is 89.9 Å². The van der Waals surface area contributed by atoms with E-state index >= 15 is 0 Å². The van der Waals surface area contributed by atoms with Gasteiger partial charge in [0.25, 0.3) is 0 Å². The summed E-state index contributed by atoms with van der Waals surface area (Å²) in [5, 5.41) is 8.36. The number of carbonyl (C=O) groups is 1. The van der Waals surface area contributed by atoms with Gasteiger partial charge in [-0.25, -0.2) is 13.1 Å². The lowest BCUT2D eigenvalue weighted by atomic mass is 10.3. The smallest absolute Gasteiger partial charge is 0.303 e. The maximum absolute atomic E-state index is 11.3. The Kier molecular flexibility index (Phi) is 4.10. The molecular weight excluding hydrogens is 218 g/mol. The molecular formula is C9H17NO4S. The van der Waals surface area contributed by atoms with Crippen LogP contribution >= 0.6 is 0 Å². The normalized spacial score (nSPS) is 25.1. The van der Waals surface area contributed by atoms with E-state index in [0.29, 0.717) is 18.4 Å². The Morgan fingerprint density at radius 3 is 2.60 bits per heavy atom. The van der Waals surface area contributed by atoms with Crippen LogP contribution in [0.1, 0.15) is 26.2 Å². The molecule has 2 atom stereocenters. The summed E-state index contributed by atoms with van der Waals surface area (Å²) >= 11 is 0. The first kappa shape index (κ1) is 12.4. The third kappa shape index (κ3) is 5.13. The molecule has 2 N–H and O–H groups in total. The molecule has 0 bridgehead atoms. The number of carboxylic acid groups (broad SMARTS) is 1. The van der Waals surface area contributed by atoms with Gasteiger partial charge in [0.1, 0.15) is 0 Å². The zero-order valence-electron chi connectivity index (χ0n) is 8.77. The van der Waals surface area contributed by atoms with E-state index in [9.17, 15) is 13.2 Å². The van der Waals surface area contributed by atoms with Gasteiger partial charge in [-0.3, -0.25) is 4.79 Å². The minimum absolute atomic E-state index is 0.0965. The van der Waals surface area contributed by atoms with Crippen LogP contribution in [0.3, 0.4) is 0 Å². The number of sulfonamides is 1. The first-order valence-corrected chi connectivity index (χ1v) is 6.75. The first-order valence-electron chi connectivity index (χ1n) is 5.10. The maximum Gasteiger partial charge on any atom is 0.303 e. The van der Waals surface area contributed by atoms with Crippen LogP contribution in [0.5, 0.6) is 0 Å². The van der Waals surface area contributed by atoms with Crippen molar-refractivity contribution in [3.63, 3.8) is 0 Å². The maximum atomic E-state index is 11.3. The van der Waals surface area contributed by atoms with Gasteiger partial charge in [-0.15, -0.1) is 0 Å². The molecule has 0 aliphatic heterocycles. The first-order chi connectivity index (χ1) is 6.91. The summed E-state index contributed by atoms with van der Waals surface area (Å²) < 4.78 is 25.2. The van der Waals surface area contributed by atoms with Crippen LogP contribution in [0.15, 0.2) is 0 Å². The van der Waals surface area contributed by atoms with Gasteiger partial charge in [0.15, 0.2) is 0 Å². The fourth-order valence-corrected chi connectivity index (χ4v) is 2.54. The van der Waals surface area contributed by atoms with E-state index in [1.165, 1.54) is 0 Å². The minimum atomic E-state index is -3.27. The molecule has 0 aromatic rings. The average molecular weight is 235 g/mol. The van der Waals surface area contributed by atoms with Gasteiger partial charge in [-0.05, 0) is 24.7 Å². The molecule has 1 rings (SSSR count). The number of rotatable bonds is 7. The van der Waals surface area contributed by atoms with Crippen molar-refractivity contribution in [3.8, 4) is 0 Å². The van der Waals surface area contributed by atoms with Crippen molar-refractivity contribution in [2.45, 2.75) is 26.2 Å². The van der Waals surface area contributed by atoms with E-state index in [1.807, 2.05) is 0 Å². The van der Waals surface area contributed by atoms with Crippen LogP contribution in [-0.4, -0.2) is 31.8 Å². The lowest BCUT2D eigenvalue weighted by Crippen LogP contribution is -2.28. The molecule has 1 saturated carbocycles. The molecule has 1 aliphatic carbocycles. The zero-order chi connectivity index (χ0) is 11.5. The van der Waals surface area contributed by atoms with Gasteiger partial charge in [-0.2, -0.15) is 0 Å². The van der Waals surface area contributed by atoms with Crippen LogP contribution in [-0.2, 0) is 14.8 Å². The Hall–Kier alpha value is -0.620. The van der Waals surface area contributed by atoms with E-state index in [4.69, 9.17) is 5.11 Å². The van der Waals surface area contributed by atoms with E-state index in [-0.39, 0.29) is 18.6 Å². The molecule has 6 heteroatoms. The van der Waals surface area contributed by atoms with Gasteiger partial charge in [-0.1, -0.05) is 6.92 Å². The number of nitrogens with one attached hydrogen (secondary N) is 1. The molecule has 1 aliphatic rings. The second kappa shape index (κ2) is 4.94. The molecule has 0 spiro atoms. The largest absolute Gasteiger partial charge is 0.481 e. The van der Waals surface area contributed by atoms with Crippen molar-refractivity contribution in [2.75, 3.05) is 12.3 Å². The molecule has 0 aromatic heterocycles. The van der Waals surface area contributed by atoms with Crippen molar-refractivity contribution in [1.82, 2.24) is 4.72 Å². The van der Waals surface area contributed by atoms with Crippen molar-refractivity contribution in [1.29, 1.82) is 0 Å². The topological polar surface area (TPSA) is 83.5 Å². The van der Waals surface area contributed by atoms with E-state index in [1.54, 1.807) is 0 Å².